The number of nitrogens with zero attached hydrogens (tertiary/aromatic N) is 2. The van der Waals surface area contributed by atoms with Gasteiger partial charge >= 0.3 is 12.0 Å². The molecule has 2 N–H and O–H groups in total. The third-order valence-corrected chi connectivity index (χ3v) is 7.96. The maximum Gasteiger partial charge on any atom is 0.324 e. The minimum absolute atomic E-state index is 0.00349. The van der Waals surface area contributed by atoms with Crippen molar-refractivity contribution in [1.82, 2.24) is 9.88 Å². The van der Waals surface area contributed by atoms with Gasteiger partial charge in [-0.3, -0.25) is 10.1 Å². The molecule has 2 amide bonds. The Hall–Kier alpha value is -0.930. The van der Waals surface area contributed by atoms with Crippen molar-refractivity contribution >= 4 is 52.0 Å². The van der Waals surface area contributed by atoms with Gasteiger partial charge in [0.1, 0.15) is 0 Å². The number of carbonyl (C=O) groups is 2. The zero-order chi connectivity index (χ0) is 18.4. The summed E-state index contributed by atoms with van der Waals surface area (Å²) in [6.07, 6.45) is 9.60. The molecule has 1 saturated carbocycles. The Morgan fingerprint density at radius 1 is 1.19 bits per heavy atom. The van der Waals surface area contributed by atoms with Gasteiger partial charge < -0.3 is 10.0 Å². The third kappa shape index (κ3) is 5.53. The molecule has 3 rings (SSSR count). The fourth-order valence-corrected chi connectivity index (χ4v) is 6.29. The average Bonchev–Trinajstić information content (AvgIpc) is 3.09. The van der Waals surface area contributed by atoms with Crippen LogP contribution in [0.25, 0.3) is 0 Å². The van der Waals surface area contributed by atoms with Crippen LogP contribution in [0.3, 0.4) is 0 Å². The van der Waals surface area contributed by atoms with E-state index in [1.54, 1.807) is 6.20 Å². The first-order valence-electron chi connectivity index (χ1n) is 9.11. The van der Waals surface area contributed by atoms with E-state index in [2.05, 4.69) is 15.2 Å². The van der Waals surface area contributed by atoms with Crippen molar-refractivity contribution in [2.45, 2.75) is 61.2 Å². The maximum absolute atomic E-state index is 13.1. The number of nitrogens with one attached hydrogen (secondary N) is 1. The summed E-state index contributed by atoms with van der Waals surface area (Å²) in [5.41, 5.74) is 0. The molecular formula is C17H25N3O3S3. The summed E-state index contributed by atoms with van der Waals surface area (Å²) in [5.74, 6) is 1.39. The van der Waals surface area contributed by atoms with E-state index in [-0.39, 0.29) is 11.8 Å². The number of aromatic nitrogens is 1. The first-order chi connectivity index (χ1) is 12.6. The van der Waals surface area contributed by atoms with Crippen LogP contribution < -0.4 is 5.32 Å². The van der Waals surface area contributed by atoms with Crippen molar-refractivity contribution in [3.8, 4) is 0 Å². The first kappa shape index (κ1) is 19.8. The molecule has 0 aromatic carbocycles. The molecule has 0 atom stereocenters. The highest BCUT2D eigenvalue weighted by Crippen LogP contribution is 2.32. The summed E-state index contributed by atoms with van der Waals surface area (Å²) in [6.45, 7) is 0. The van der Waals surface area contributed by atoms with E-state index in [0.29, 0.717) is 17.2 Å². The van der Waals surface area contributed by atoms with Crippen LogP contribution >= 0.6 is 34.9 Å². The number of hydrogen-bond donors (Lipinski definition) is 2. The second-order valence-electron chi connectivity index (χ2n) is 6.64. The van der Waals surface area contributed by atoms with Crippen LogP contribution in [0, 0.1) is 0 Å². The summed E-state index contributed by atoms with van der Waals surface area (Å²) in [4.78, 5) is 30.1. The number of aliphatic carboxylic acids is 1. The van der Waals surface area contributed by atoms with Gasteiger partial charge in [0.05, 0.1) is 16.2 Å². The highest BCUT2D eigenvalue weighted by atomic mass is 32.2. The van der Waals surface area contributed by atoms with Gasteiger partial charge in [-0.25, -0.2) is 9.78 Å². The average molecular weight is 416 g/mol. The number of carboxylic acid groups (broad SMARTS) is 1. The van der Waals surface area contributed by atoms with Crippen molar-refractivity contribution in [1.29, 1.82) is 0 Å². The summed E-state index contributed by atoms with van der Waals surface area (Å²) < 4.78 is 0.806. The highest BCUT2D eigenvalue weighted by molar-refractivity contribution is 8.01. The lowest BCUT2D eigenvalue weighted by Crippen LogP contribution is -2.51. The third-order valence-electron chi connectivity index (χ3n) is 4.82. The Morgan fingerprint density at radius 3 is 2.58 bits per heavy atom. The van der Waals surface area contributed by atoms with Gasteiger partial charge in [-0.15, -0.1) is 11.8 Å². The second-order valence-corrected chi connectivity index (χ2v) is 10.2. The molecular weight excluding hydrogens is 390 g/mol. The van der Waals surface area contributed by atoms with Gasteiger partial charge in [0.2, 0.25) is 0 Å². The lowest BCUT2D eigenvalue weighted by molar-refractivity contribution is -0.133. The zero-order valence-electron chi connectivity index (χ0n) is 14.7. The van der Waals surface area contributed by atoms with Gasteiger partial charge in [0.15, 0.2) is 5.13 Å². The van der Waals surface area contributed by atoms with Gasteiger partial charge in [0, 0.05) is 12.1 Å². The number of anilines is 1. The lowest BCUT2D eigenvalue weighted by Gasteiger charge is -2.41. The molecule has 1 aromatic heterocycles. The number of thiazole rings is 1. The standard InChI is InChI=1S/C17H25N3O3S3/c21-14(22)11-25-15-10-18-16(26-15)19-17(23)20(12-4-2-1-3-5-12)13-6-8-24-9-7-13/h10,12-13H,1-9,11H2,(H,21,22)(H,18,19,23). The van der Waals surface area contributed by atoms with Crippen molar-refractivity contribution in [2.24, 2.45) is 0 Å². The molecule has 0 bridgehead atoms. The number of urea groups is 1. The second kappa shape index (κ2) is 9.85. The van der Waals surface area contributed by atoms with Crippen LogP contribution in [0.1, 0.15) is 44.9 Å². The zero-order valence-corrected chi connectivity index (χ0v) is 17.1. The number of rotatable bonds is 6. The molecule has 1 saturated heterocycles. The number of hydrogen-bond acceptors (Lipinski definition) is 6. The Bertz CT molecular complexity index is 595. The van der Waals surface area contributed by atoms with Crippen LogP contribution in [-0.4, -0.2) is 56.3 Å². The van der Waals surface area contributed by atoms with Gasteiger partial charge in [-0.05, 0) is 37.2 Å². The Balaban J connectivity index is 1.65. The predicted molar refractivity (Wildman–Crippen MR) is 109 cm³/mol. The summed E-state index contributed by atoms with van der Waals surface area (Å²) in [5, 5.41) is 12.3. The molecule has 2 fully saturated rings. The van der Waals surface area contributed by atoms with Crippen LogP contribution in [0.5, 0.6) is 0 Å². The van der Waals surface area contributed by atoms with Crippen molar-refractivity contribution in [3.05, 3.63) is 6.20 Å². The number of thioether (sulfide) groups is 2. The van der Waals surface area contributed by atoms with Crippen LogP contribution in [0.4, 0.5) is 9.93 Å². The van der Waals surface area contributed by atoms with E-state index in [4.69, 9.17) is 5.11 Å². The largest absolute Gasteiger partial charge is 0.481 e. The minimum atomic E-state index is -0.854. The Labute approximate surface area is 166 Å². The fourth-order valence-electron chi connectivity index (χ4n) is 3.63. The number of amides is 2. The summed E-state index contributed by atoms with van der Waals surface area (Å²) in [6, 6.07) is 0.607. The lowest BCUT2D eigenvalue weighted by atomic mass is 9.92. The fraction of sp³-hybridized carbons (Fsp3) is 0.706. The maximum atomic E-state index is 13.1. The van der Waals surface area contributed by atoms with E-state index in [9.17, 15) is 9.59 Å². The molecule has 1 aromatic rings. The SMILES string of the molecule is O=C(O)CSc1cnc(NC(=O)N(C2CCCCC2)C2CCSCC2)s1. The Morgan fingerprint density at radius 2 is 1.88 bits per heavy atom. The molecule has 2 aliphatic rings. The quantitative estimate of drug-likeness (QED) is 0.671. The van der Waals surface area contributed by atoms with Gasteiger partial charge in [-0.2, -0.15) is 11.8 Å². The van der Waals surface area contributed by atoms with Gasteiger partial charge in [-0.1, -0.05) is 30.6 Å². The monoisotopic (exact) mass is 415 g/mol. The van der Waals surface area contributed by atoms with Crippen LogP contribution in [-0.2, 0) is 4.79 Å². The normalized spacial score (nSPS) is 19.2. The number of carboxylic acids is 1. The molecule has 1 aliphatic heterocycles. The minimum Gasteiger partial charge on any atom is -0.481 e. The topological polar surface area (TPSA) is 82.5 Å². The van der Waals surface area contributed by atoms with Crippen LogP contribution in [0.15, 0.2) is 10.4 Å². The Kier molecular flexibility index (Phi) is 7.51. The van der Waals surface area contributed by atoms with Crippen LogP contribution in [0.2, 0.25) is 0 Å². The molecule has 0 radical (unpaired) electrons. The molecule has 2 heterocycles. The number of carbonyl (C=O) groups excluding carboxylic acids is 1. The molecule has 9 heteroatoms. The van der Waals surface area contributed by atoms with Crippen molar-refractivity contribution < 1.29 is 14.7 Å². The highest BCUT2D eigenvalue weighted by Gasteiger charge is 2.33. The van der Waals surface area contributed by atoms with Gasteiger partial charge in [0.25, 0.3) is 0 Å². The first-order valence-corrected chi connectivity index (χ1v) is 12.1. The molecule has 26 heavy (non-hydrogen) atoms. The molecule has 6 nitrogen and oxygen atoms in total. The van der Waals surface area contributed by atoms with E-state index in [1.807, 2.05) is 11.8 Å². The molecule has 144 valence electrons. The van der Waals surface area contributed by atoms with Crippen molar-refractivity contribution in [2.75, 3.05) is 22.6 Å². The van der Waals surface area contributed by atoms with E-state index in [1.165, 1.54) is 42.4 Å². The van der Waals surface area contributed by atoms with E-state index < -0.39 is 5.97 Å². The summed E-state index contributed by atoms with van der Waals surface area (Å²) >= 11 is 4.54. The molecule has 0 spiro atoms. The van der Waals surface area contributed by atoms with E-state index in [0.717, 1.165) is 41.4 Å². The van der Waals surface area contributed by atoms with E-state index >= 15 is 0 Å². The summed E-state index contributed by atoms with van der Waals surface area (Å²) in [7, 11) is 0. The smallest absolute Gasteiger partial charge is 0.324 e. The molecule has 1 aliphatic carbocycles. The van der Waals surface area contributed by atoms with Crippen molar-refractivity contribution in [3.63, 3.8) is 0 Å². The molecule has 0 unspecified atom stereocenters. The predicted octanol–water partition coefficient (Wildman–Crippen LogP) is 4.38.